The molecular weight excluding hydrogens is 272 g/mol. The minimum Gasteiger partial charge on any atom is -0.455 e. The van der Waals surface area contributed by atoms with E-state index in [9.17, 15) is 4.79 Å². The fourth-order valence-corrected chi connectivity index (χ4v) is 7.04. The molecule has 0 radical (unpaired) electrons. The number of carbonyl (C=O) groups is 1. The molecular formula is C20H32O2. The molecule has 0 spiro atoms. The average Bonchev–Trinajstić information content (AvgIpc) is 2.42. The van der Waals surface area contributed by atoms with E-state index >= 15 is 0 Å². The number of rotatable bonds is 5. The summed E-state index contributed by atoms with van der Waals surface area (Å²) in [6, 6.07) is 0. The van der Waals surface area contributed by atoms with Crippen LogP contribution in [-0.4, -0.2) is 11.6 Å². The van der Waals surface area contributed by atoms with Gasteiger partial charge in [-0.25, -0.2) is 4.79 Å². The van der Waals surface area contributed by atoms with Crippen LogP contribution >= 0.6 is 0 Å². The van der Waals surface area contributed by atoms with Gasteiger partial charge in [0.2, 0.25) is 0 Å². The third-order valence-electron chi connectivity index (χ3n) is 7.15. The molecule has 0 unspecified atom stereocenters. The summed E-state index contributed by atoms with van der Waals surface area (Å²) in [6.45, 7) is 13.1. The Kier molecular flexibility index (Phi) is 3.73. The first-order chi connectivity index (χ1) is 10.3. The van der Waals surface area contributed by atoms with Gasteiger partial charge in [0.1, 0.15) is 5.60 Å². The smallest absolute Gasteiger partial charge is 0.330 e. The normalized spacial score (nSPS) is 46.0. The van der Waals surface area contributed by atoms with Gasteiger partial charge in [-0.2, -0.15) is 0 Å². The summed E-state index contributed by atoms with van der Waals surface area (Å²) in [5.41, 5.74) is 0.710. The summed E-state index contributed by atoms with van der Waals surface area (Å²) in [5, 5.41) is 0. The van der Waals surface area contributed by atoms with Crippen LogP contribution < -0.4 is 0 Å². The van der Waals surface area contributed by atoms with Crippen LogP contribution in [-0.2, 0) is 9.53 Å². The van der Waals surface area contributed by atoms with E-state index in [2.05, 4.69) is 34.3 Å². The zero-order valence-electron chi connectivity index (χ0n) is 14.8. The maximum atomic E-state index is 12.2. The van der Waals surface area contributed by atoms with E-state index in [0.717, 1.165) is 12.8 Å². The molecule has 124 valence electrons. The molecule has 0 aromatic heterocycles. The Labute approximate surface area is 135 Å². The molecule has 0 N–H and O–H groups in total. The number of hydrogen-bond donors (Lipinski definition) is 0. The molecule has 0 aliphatic heterocycles. The van der Waals surface area contributed by atoms with Crippen molar-refractivity contribution in [2.45, 2.75) is 78.2 Å². The molecule has 0 aromatic rings. The molecule has 4 saturated carbocycles. The van der Waals surface area contributed by atoms with E-state index < -0.39 is 0 Å². The summed E-state index contributed by atoms with van der Waals surface area (Å²) >= 11 is 0. The van der Waals surface area contributed by atoms with Gasteiger partial charge >= 0.3 is 5.97 Å². The van der Waals surface area contributed by atoms with Gasteiger partial charge in [-0.3, -0.25) is 0 Å². The first-order valence-electron chi connectivity index (χ1n) is 9.16. The number of hydrogen-bond acceptors (Lipinski definition) is 2. The minimum atomic E-state index is -0.228. The number of ether oxygens (including phenoxy) is 1. The minimum absolute atomic E-state index is 0.213. The Bertz CT molecular complexity index is 438. The molecule has 4 fully saturated rings. The summed E-state index contributed by atoms with van der Waals surface area (Å²) in [5.74, 6) is 1.35. The molecule has 2 nitrogen and oxygen atoms in total. The molecule has 2 heteroatoms. The largest absolute Gasteiger partial charge is 0.455 e. The lowest BCUT2D eigenvalue weighted by Gasteiger charge is -2.68. The monoisotopic (exact) mass is 304 g/mol. The van der Waals surface area contributed by atoms with Gasteiger partial charge in [-0.05, 0) is 61.7 Å². The third kappa shape index (κ3) is 2.17. The molecule has 22 heavy (non-hydrogen) atoms. The van der Waals surface area contributed by atoms with Crippen molar-refractivity contribution in [2.75, 3.05) is 0 Å². The van der Waals surface area contributed by atoms with Gasteiger partial charge in [0.15, 0.2) is 0 Å². The van der Waals surface area contributed by atoms with Gasteiger partial charge in [-0.1, -0.05) is 34.3 Å². The summed E-state index contributed by atoms with van der Waals surface area (Å²) < 4.78 is 6.24. The second-order valence-corrected chi connectivity index (χ2v) is 9.00. The van der Waals surface area contributed by atoms with Crippen molar-refractivity contribution in [3.8, 4) is 0 Å². The Morgan fingerprint density at radius 2 is 1.59 bits per heavy atom. The van der Waals surface area contributed by atoms with Crippen molar-refractivity contribution in [3.05, 3.63) is 12.7 Å². The van der Waals surface area contributed by atoms with Crippen LogP contribution in [0.2, 0.25) is 0 Å². The standard InChI is InChI=1S/C20H32O2/c1-6-14(7-2)20(22-17(21)8-3)15-9-18(4)10-16(20)12-19(5,11-15)13-18/h8,14-16H,3,6-7,9-13H2,1-2,4-5H3. The topological polar surface area (TPSA) is 26.3 Å². The highest BCUT2D eigenvalue weighted by Crippen LogP contribution is 2.70. The zero-order valence-corrected chi connectivity index (χ0v) is 14.8. The number of carbonyl (C=O) groups excluding carboxylic acids is 1. The van der Waals surface area contributed by atoms with Gasteiger partial charge in [0.05, 0.1) is 0 Å². The molecule has 4 aliphatic rings. The van der Waals surface area contributed by atoms with E-state index in [-0.39, 0.29) is 11.6 Å². The van der Waals surface area contributed by atoms with Gasteiger partial charge in [-0.15, -0.1) is 0 Å². The van der Waals surface area contributed by atoms with Crippen LogP contribution in [0, 0.1) is 28.6 Å². The lowest BCUT2D eigenvalue weighted by Crippen LogP contribution is -2.67. The quantitative estimate of drug-likeness (QED) is 0.520. The second-order valence-electron chi connectivity index (χ2n) is 9.00. The maximum Gasteiger partial charge on any atom is 0.330 e. The van der Waals surface area contributed by atoms with Crippen molar-refractivity contribution in [1.82, 2.24) is 0 Å². The van der Waals surface area contributed by atoms with Crippen LogP contribution in [0.5, 0.6) is 0 Å². The molecule has 4 bridgehead atoms. The molecule has 0 atom stereocenters. The van der Waals surface area contributed by atoms with Crippen LogP contribution in [0.4, 0.5) is 0 Å². The summed E-state index contributed by atoms with van der Waals surface area (Å²) in [7, 11) is 0. The zero-order chi connectivity index (χ0) is 16.2. The average molecular weight is 304 g/mol. The highest BCUT2D eigenvalue weighted by molar-refractivity contribution is 5.81. The molecule has 0 aromatic carbocycles. The Morgan fingerprint density at radius 1 is 1.14 bits per heavy atom. The van der Waals surface area contributed by atoms with E-state index in [1.54, 1.807) is 0 Å². The summed E-state index contributed by atoms with van der Waals surface area (Å²) in [6.07, 6.45) is 9.86. The van der Waals surface area contributed by atoms with E-state index in [1.807, 2.05) is 0 Å². The molecule has 0 heterocycles. The SMILES string of the molecule is C=CC(=O)OC1(C(CC)CC)C2CC3(C)CC1CC(C)(C2)C3. The first kappa shape index (κ1) is 16.1. The van der Waals surface area contributed by atoms with Gasteiger partial charge in [0, 0.05) is 17.9 Å². The Balaban J connectivity index is 2.03. The highest BCUT2D eigenvalue weighted by Gasteiger charge is 2.67. The van der Waals surface area contributed by atoms with E-state index in [1.165, 1.54) is 38.2 Å². The lowest BCUT2D eigenvalue weighted by molar-refractivity contribution is -0.256. The van der Waals surface area contributed by atoms with E-state index in [0.29, 0.717) is 28.6 Å². The second kappa shape index (κ2) is 5.11. The molecule has 4 rings (SSSR count). The van der Waals surface area contributed by atoms with Crippen molar-refractivity contribution in [3.63, 3.8) is 0 Å². The Morgan fingerprint density at radius 3 is 1.95 bits per heavy atom. The molecule has 4 aliphatic carbocycles. The predicted molar refractivity (Wildman–Crippen MR) is 89.4 cm³/mol. The highest BCUT2D eigenvalue weighted by atomic mass is 16.6. The van der Waals surface area contributed by atoms with Crippen LogP contribution in [0.15, 0.2) is 12.7 Å². The number of esters is 1. The van der Waals surface area contributed by atoms with Crippen molar-refractivity contribution in [2.24, 2.45) is 28.6 Å². The van der Waals surface area contributed by atoms with Crippen molar-refractivity contribution >= 4 is 5.97 Å². The first-order valence-corrected chi connectivity index (χ1v) is 9.16. The van der Waals surface area contributed by atoms with Crippen LogP contribution in [0.25, 0.3) is 0 Å². The third-order valence-corrected chi connectivity index (χ3v) is 7.15. The van der Waals surface area contributed by atoms with E-state index in [4.69, 9.17) is 4.74 Å². The Hall–Kier alpha value is -0.790. The van der Waals surface area contributed by atoms with Crippen molar-refractivity contribution in [1.29, 1.82) is 0 Å². The fourth-order valence-electron chi connectivity index (χ4n) is 7.04. The van der Waals surface area contributed by atoms with Gasteiger partial charge in [0.25, 0.3) is 0 Å². The fraction of sp³-hybridized carbons (Fsp3) is 0.850. The van der Waals surface area contributed by atoms with Crippen LogP contribution in [0.3, 0.4) is 0 Å². The van der Waals surface area contributed by atoms with Crippen LogP contribution in [0.1, 0.15) is 72.6 Å². The maximum absolute atomic E-state index is 12.2. The summed E-state index contributed by atoms with van der Waals surface area (Å²) in [4.78, 5) is 12.2. The van der Waals surface area contributed by atoms with Gasteiger partial charge < -0.3 is 4.74 Å². The molecule has 0 amide bonds. The predicted octanol–water partition coefficient (Wildman–Crippen LogP) is 5.13. The lowest BCUT2D eigenvalue weighted by atomic mass is 9.39. The van der Waals surface area contributed by atoms with Crippen molar-refractivity contribution < 1.29 is 9.53 Å². The molecule has 0 saturated heterocycles.